The fraction of sp³-hybridized carbons (Fsp3) is 0.357. The largest absolute Gasteiger partial charge is 0.308 e. The number of nitrogens with one attached hydrogen (secondary N) is 1. The van der Waals surface area contributed by atoms with Gasteiger partial charge in [0.25, 0.3) is 0 Å². The van der Waals surface area contributed by atoms with Crippen LogP contribution in [0.5, 0.6) is 0 Å². The van der Waals surface area contributed by atoms with E-state index in [0.29, 0.717) is 0 Å². The minimum absolute atomic E-state index is 0.746. The third kappa shape index (κ3) is 2.94. The van der Waals surface area contributed by atoms with E-state index in [4.69, 9.17) is 0 Å². The molecular weight excluding hydrogens is 260 g/mol. The van der Waals surface area contributed by atoms with Crippen LogP contribution in [0.3, 0.4) is 0 Å². The van der Waals surface area contributed by atoms with E-state index in [1.165, 1.54) is 23.3 Å². The fourth-order valence-electron chi connectivity index (χ4n) is 1.79. The first kappa shape index (κ1) is 12.2. The summed E-state index contributed by atoms with van der Waals surface area (Å²) in [7, 11) is 0. The molecule has 18 heavy (non-hydrogen) atoms. The summed E-state index contributed by atoms with van der Waals surface area (Å²) in [5.41, 5.74) is 2.38. The third-order valence-corrected chi connectivity index (χ3v) is 4.72. The van der Waals surface area contributed by atoms with Crippen molar-refractivity contribution in [3.8, 4) is 10.6 Å². The van der Waals surface area contributed by atoms with Gasteiger partial charge in [0.15, 0.2) is 0 Å². The first-order valence-corrected chi connectivity index (χ1v) is 8.28. The Bertz CT molecular complexity index is 515. The van der Waals surface area contributed by atoms with Crippen LogP contribution in [-0.4, -0.2) is 17.3 Å². The molecule has 1 aromatic heterocycles. The van der Waals surface area contributed by atoms with E-state index in [1.807, 2.05) is 0 Å². The Morgan fingerprint density at radius 2 is 2.11 bits per heavy atom. The minimum atomic E-state index is 0.746. The number of thioether (sulfide) groups is 1. The molecule has 0 bridgehead atoms. The maximum Gasteiger partial charge on any atom is 0.123 e. The van der Waals surface area contributed by atoms with Crippen molar-refractivity contribution < 1.29 is 0 Å². The van der Waals surface area contributed by atoms with Crippen LogP contribution in [0.25, 0.3) is 10.6 Å². The summed E-state index contributed by atoms with van der Waals surface area (Å²) in [6.45, 7) is 0.907. The zero-order valence-electron chi connectivity index (χ0n) is 10.3. The van der Waals surface area contributed by atoms with Crippen molar-refractivity contribution in [2.45, 2.75) is 30.3 Å². The van der Waals surface area contributed by atoms with Gasteiger partial charge in [-0.2, -0.15) is 0 Å². The molecule has 0 radical (unpaired) electrons. The predicted molar refractivity (Wildman–Crippen MR) is 79.2 cm³/mol. The van der Waals surface area contributed by atoms with Crippen molar-refractivity contribution >= 4 is 23.1 Å². The van der Waals surface area contributed by atoms with E-state index in [0.717, 1.165) is 23.3 Å². The van der Waals surface area contributed by atoms with Crippen LogP contribution in [0.4, 0.5) is 0 Å². The second-order valence-corrected chi connectivity index (χ2v) is 6.27. The van der Waals surface area contributed by atoms with Crippen molar-refractivity contribution in [2.24, 2.45) is 0 Å². The summed E-state index contributed by atoms with van der Waals surface area (Å²) in [4.78, 5) is 5.98. The van der Waals surface area contributed by atoms with Crippen LogP contribution in [-0.2, 0) is 6.54 Å². The zero-order valence-corrected chi connectivity index (χ0v) is 12.0. The topological polar surface area (TPSA) is 24.9 Å². The number of benzene rings is 1. The van der Waals surface area contributed by atoms with E-state index in [2.05, 4.69) is 46.2 Å². The van der Waals surface area contributed by atoms with Gasteiger partial charge in [0.05, 0.1) is 5.69 Å². The number of nitrogens with zero attached hydrogens (tertiary/aromatic N) is 1. The first-order chi connectivity index (χ1) is 8.85. The third-order valence-electron chi connectivity index (χ3n) is 3.04. The van der Waals surface area contributed by atoms with Crippen LogP contribution in [0.2, 0.25) is 0 Å². The molecule has 0 aliphatic heterocycles. The second-order valence-electron chi connectivity index (χ2n) is 4.53. The van der Waals surface area contributed by atoms with Gasteiger partial charge in [0.2, 0.25) is 0 Å². The Kier molecular flexibility index (Phi) is 3.68. The summed E-state index contributed by atoms with van der Waals surface area (Å²) >= 11 is 3.50. The number of thiazole rings is 1. The molecule has 1 aliphatic rings. The van der Waals surface area contributed by atoms with Crippen molar-refractivity contribution in [2.75, 3.05) is 6.26 Å². The Balaban J connectivity index is 1.70. The Morgan fingerprint density at radius 1 is 1.33 bits per heavy atom. The second kappa shape index (κ2) is 5.43. The van der Waals surface area contributed by atoms with Gasteiger partial charge in [-0.25, -0.2) is 4.98 Å². The monoisotopic (exact) mass is 276 g/mol. The lowest BCUT2D eigenvalue weighted by atomic mass is 10.2. The molecule has 1 saturated carbocycles. The zero-order chi connectivity index (χ0) is 12.4. The summed E-state index contributed by atoms with van der Waals surface area (Å²) in [6, 6.07) is 9.37. The molecule has 2 nitrogen and oxygen atoms in total. The van der Waals surface area contributed by atoms with E-state index < -0.39 is 0 Å². The summed E-state index contributed by atoms with van der Waals surface area (Å²) in [5, 5.41) is 6.78. The molecule has 0 unspecified atom stereocenters. The van der Waals surface area contributed by atoms with Gasteiger partial charge in [-0.3, -0.25) is 0 Å². The summed E-state index contributed by atoms with van der Waals surface area (Å²) in [5.74, 6) is 0. The minimum Gasteiger partial charge on any atom is -0.308 e. The standard InChI is InChI=1S/C14H16N2S2/c1-17-13-6-2-10(3-7-13)14-16-12(9-18-14)8-15-11-4-5-11/h2-3,6-7,9,11,15H,4-5,8H2,1H3. The quantitative estimate of drug-likeness (QED) is 0.841. The lowest BCUT2D eigenvalue weighted by Gasteiger charge is -1.99. The molecule has 1 aliphatic carbocycles. The SMILES string of the molecule is CSc1ccc(-c2nc(CNC3CC3)cs2)cc1. The van der Waals surface area contributed by atoms with Crippen molar-refractivity contribution in [3.05, 3.63) is 35.3 Å². The van der Waals surface area contributed by atoms with Gasteiger partial charge in [-0.05, 0) is 31.2 Å². The highest BCUT2D eigenvalue weighted by molar-refractivity contribution is 7.98. The molecule has 1 N–H and O–H groups in total. The molecule has 0 amide bonds. The molecule has 0 saturated heterocycles. The van der Waals surface area contributed by atoms with Gasteiger partial charge in [0.1, 0.15) is 5.01 Å². The molecule has 1 fully saturated rings. The number of hydrogen-bond acceptors (Lipinski definition) is 4. The first-order valence-electron chi connectivity index (χ1n) is 6.17. The van der Waals surface area contributed by atoms with E-state index in [1.54, 1.807) is 23.1 Å². The van der Waals surface area contributed by atoms with Gasteiger partial charge in [-0.1, -0.05) is 12.1 Å². The van der Waals surface area contributed by atoms with Crippen LogP contribution < -0.4 is 5.32 Å². The molecule has 3 rings (SSSR count). The maximum absolute atomic E-state index is 4.68. The molecule has 94 valence electrons. The van der Waals surface area contributed by atoms with Crippen LogP contribution in [0.1, 0.15) is 18.5 Å². The van der Waals surface area contributed by atoms with Gasteiger partial charge in [0, 0.05) is 28.4 Å². The average Bonchev–Trinajstić information content (AvgIpc) is 3.14. The lowest BCUT2D eigenvalue weighted by Crippen LogP contribution is -2.15. The fourth-order valence-corrected chi connectivity index (χ4v) is 3.02. The molecule has 0 spiro atoms. The van der Waals surface area contributed by atoms with E-state index >= 15 is 0 Å². The van der Waals surface area contributed by atoms with E-state index in [-0.39, 0.29) is 0 Å². The van der Waals surface area contributed by atoms with Crippen molar-refractivity contribution in [3.63, 3.8) is 0 Å². The molecule has 2 aromatic rings. The summed E-state index contributed by atoms with van der Waals surface area (Å²) < 4.78 is 0. The van der Waals surface area contributed by atoms with Crippen LogP contribution >= 0.6 is 23.1 Å². The summed E-state index contributed by atoms with van der Waals surface area (Å²) in [6.07, 6.45) is 4.75. The molecule has 0 atom stereocenters. The molecule has 4 heteroatoms. The normalized spacial score (nSPS) is 14.9. The van der Waals surface area contributed by atoms with Crippen LogP contribution in [0, 0.1) is 0 Å². The lowest BCUT2D eigenvalue weighted by molar-refractivity contribution is 0.678. The molecule has 1 aromatic carbocycles. The number of hydrogen-bond donors (Lipinski definition) is 1. The average molecular weight is 276 g/mol. The van der Waals surface area contributed by atoms with E-state index in [9.17, 15) is 0 Å². The Morgan fingerprint density at radius 3 is 2.78 bits per heavy atom. The molecule has 1 heterocycles. The number of aromatic nitrogens is 1. The smallest absolute Gasteiger partial charge is 0.123 e. The predicted octanol–water partition coefficient (Wildman–Crippen LogP) is 3.78. The van der Waals surface area contributed by atoms with Gasteiger partial charge in [-0.15, -0.1) is 23.1 Å². The highest BCUT2D eigenvalue weighted by Gasteiger charge is 2.20. The Labute approximate surface area is 116 Å². The van der Waals surface area contributed by atoms with Crippen LogP contribution in [0.15, 0.2) is 34.5 Å². The molecular formula is C14H16N2S2. The van der Waals surface area contributed by atoms with Gasteiger partial charge >= 0.3 is 0 Å². The van der Waals surface area contributed by atoms with Crippen molar-refractivity contribution in [1.29, 1.82) is 0 Å². The highest BCUT2D eigenvalue weighted by atomic mass is 32.2. The number of rotatable bonds is 5. The van der Waals surface area contributed by atoms with Gasteiger partial charge < -0.3 is 5.32 Å². The maximum atomic E-state index is 4.68. The highest BCUT2D eigenvalue weighted by Crippen LogP contribution is 2.26. The van der Waals surface area contributed by atoms with Crippen molar-refractivity contribution in [1.82, 2.24) is 10.3 Å². The Hall–Kier alpha value is -0.840.